The maximum atomic E-state index is 10.4. The van der Waals surface area contributed by atoms with E-state index in [0.717, 1.165) is 0 Å². The van der Waals surface area contributed by atoms with E-state index in [1.807, 2.05) is 0 Å². The molecule has 0 aromatic carbocycles. The first-order valence-electron chi connectivity index (χ1n) is 3.91. The molecule has 0 saturated carbocycles. The summed E-state index contributed by atoms with van der Waals surface area (Å²) in [6, 6.07) is 0. The Labute approximate surface area is 78.2 Å². The van der Waals surface area contributed by atoms with Crippen LogP contribution in [0.3, 0.4) is 0 Å². The average molecular weight is 206 g/mol. The summed E-state index contributed by atoms with van der Waals surface area (Å²) in [7, 11) is -4.34. The normalized spacial score (nSPS) is 11.6. The Kier molecular flexibility index (Phi) is 5.91. The van der Waals surface area contributed by atoms with Gasteiger partial charge in [0.25, 0.3) is 0 Å². The molecule has 0 atom stereocenters. The molecular weight excluding hydrogens is 191 g/mol. The molecule has 0 aliphatic heterocycles. The fourth-order valence-corrected chi connectivity index (χ4v) is 1.31. The van der Waals surface area contributed by atoms with Crippen LogP contribution in [0.1, 0.15) is 12.8 Å². The fraction of sp³-hybridized carbons (Fsp3) is 0.500. The van der Waals surface area contributed by atoms with Crippen molar-refractivity contribution in [2.24, 2.45) is 5.92 Å². The van der Waals surface area contributed by atoms with Gasteiger partial charge in [0.15, 0.2) is 0 Å². The minimum absolute atomic E-state index is 0.0301. The van der Waals surface area contributed by atoms with Gasteiger partial charge in [-0.15, -0.1) is 13.2 Å². The molecule has 13 heavy (non-hydrogen) atoms. The molecule has 0 rings (SSSR count). The Morgan fingerprint density at radius 3 is 2.08 bits per heavy atom. The van der Waals surface area contributed by atoms with E-state index < -0.39 is 7.82 Å². The molecule has 0 aliphatic rings. The summed E-state index contributed by atoms with van der Waals surface area (Å²) < 4.78 is 14.7. The monoisotopic (exact) mass is 206 g/mol. The largest absolute Gasteiger partial charge is 0.469 e. The van der Waals surface area contributed by atoms with E-state index in [-0.39, 0.29) is 12.5 Å². The molecule has 0 amide bonds. The van der Waals surface area contributed by atoms with Crippen molar-refractivity contribution in [3.8, 4) is 0 Å². The van der Waals surface area contributed by atoms with Gasteiger partial charge in [-0.2, -0.15) is 0 Å². The lowest BCUT2D eigenvalue weighted by molar-refractivity contribution is 0.168. The molecule has 0 bridgehead atoms. The number of rotatable bonds is 7. The third kappa shape index (κ3) is 7.94. The molecule has 0 radical (unpaired) electrons. The second kappa shape index (κ2) is 6.11. The highest BCUT2D eigenvalue weighted by Crippen LogP contribution is 2.36. The van der Waals surface area contributed by atoms with E-state index in [1.54, 1.807) is 12.2 Å². The summed E-state index contributed by atoms with van der Waals surface area (Å²) in [5, 5.41) is 0. The summed E-state index contributed by atoms with van der Waals surface area (Å²) >= 11 is 0. The van der Waals surface area contributed by atoms with E-state index in [0.29, 0.717) is 12.8 Å². The smallest absolute Gasteiger partial charge is 0.303 e. The predicted molar refractivity (Wildman–Crippen MR) is 51.1 cm³/mol. The molecule has 5 heteroatoms. The Morgan fingerprint density at radius 2 is 1.77 bits per heavy atom. The molecule has 0 aliphatic carbocycles. The van der Waals surface area contributed by atoms with Crippen LogP contribution in [0.4, 0.5) is 0 Å². The molecule has 4 nitrogen and oxygen atoms in total. The van der Waals surface area contributed by atoms with Gasteiger partial charge in [0.05, 0.1) is 6.61 Å². The van der Waals surface area contributed by atoms with Crippen LogP contribution in [0.5, 0.6) is 0 Å². The third-order valence-corrected chi connectivity index (χ3v) is 1.96. The van der Waals surface area contributed by atoms with Gasteiger partial charge in [-0.25, -0.2) is 4.57 Å². The average Bonchev–Trinajstić information content (AvgIpc) is 2.00. The summed E-state index contributed by atoms with van der Waals surface area (Å²) in [6.07, 6.45) is 4.70. The lowest BCUT2D eigenvalue weighted by Crippen LogP contribution is -2.06. The predicted octanol–water partition coefficient (Wildman–Crippen LogP) is 1.86. The van der Waals surface area contributed by atoms with Gasteiger partial charge in [-0.3, -0.25) is 4.52 Å². The fourth-order valence-electron chi connectivity index (χ4n) is 0.906. The molecule has 0 heterocycles. The second-order valence-corrected chi connectivity index (χ2v) is 3.94. The lowest BCUT2D eigenvalue weighted by atomic mass is 10.0. The maximum absolute atomic E-state index is 10.4. The number of hydrogen-bond acceptors (Lipinski definition) is 2. The van der Waals surface area contributed by atoms with Gasteiger partial charge in [-0.05, 0) is 18.8 Å². The number of phosphoric acid groups is 1. The molecule has 0 spiro atoms. The Balaban J connectivity index is 3.87. The molecule has 2 N–H and O–H groups in total. The van der Waals surface area contributed by atoms with Crippen LogP contribution in [-0.2, 0) is 9.09 Å². The van der Waals surface area contributed by atoms with Gasteiger partial charge < -0.3 is 9.79 Å². The van der Waals surface area contributed by atoms with Crippen molar-refractivity contribution in [1.29, 1.82) is 0 Å². The van der Waals surface area contributed by atoms with Crippen LogP contribution in [-0.4, -0.2) is 16.4 Å². The van der Waals surface area contributed by atoms with E-state index in [4.69, 9.17) is 9.79 Å². The van der Waals surface area contributed by atoms with Crippen LogP contribution in [0.2, 0.25) is 0 Å². The zero-order chi connectivity index (χ0) is 10.3. The van der Waals surface area contributed by atoms with Crippen molar-refractivity contribution in [3.63, 3.8) is 0 Å². The highest BCUT2D eigenvalue weighted by atomic mass is 31.2. The van der Waals surface area contributed by atoms with Gasteiger partial charge >= 0.3 is 7.82 Å². The summed E-state index contributed by atoms with van der Waals surface area (Å²) in [5.74, 6) is 0.0441. The Bertz CT molecular complexity index is 198. The van der Waals surface area contributed by atoms with Crippen LogP contribution < -0.4 is 0 Å². The van der Waals surface area contributed by atoms with Crippen molar-refractivity contribution in [1.82, 2.24) is 0 Å². The molecule has 0 aromatic heterocycles. The van der Waals surface area contributed by atoms with E-state index in [9.17, 15) is 4.57 Å². The van der Waals surface area contributed by atoms with Crippen molar-refractivity contribution < 1.29 is 18.9 Å². The molecule has 0 aromatic rings. The van der Waals surface area contributed by atoms with Crippen LogP contribution in [0, 0.1) is 5.92 Å². The van der Waals surface area contributed by atoms with Crippen molar-refractivity contribution in [3.05, 3.63) is 25.3 Å². The molecule has 76 valence electrons. The zero-order valence-corrected chi connectivity index (χ0v) is 8.32. The highest BCUT2D eigenvalue weighted by Gasteiger charge is 2.16. The first-order chi connectivity index (χ1) is 5.99. The van der Waals surface area contributed by atoms with Crippen LogP contribution in [0.15, 0.2) is 25.3 Å². The summed E-state index contributed by atoms with van der Waals surface area (Å²) in [6.45, 7) is 7.12. The first-order valence-corrected chi connectivity index (χ1v) is 5.44. The molecule has 0 fully saturated rings. The SMILES string of the molecule is C=CCC(CC=C)COP(=O)(O)O. The first kappa shape index (κ1) is 12.6. The zero-order valence-electron chi connectivity index (χ0n) is 7.43. The summed E-state index contributed by atoms with van der Waals surface area (Å²) in [5.41, 5.74) is 0. The molecular formula is C8H15O4P. The van der Waals surface area contributed by atoms with E-state index >= 15 is 0 Å². The Morgan fingerprint density at radius 1 is 1.31 bits per heavy atom. The second-order valence-electron chi connectivity index (χ2n) is 2.70. The van der Waals surface area contributed by atoms with Crippen LogP contribution >= 0.6 is 7.82 Å². The number of phosphoric ester groups is 1. The molecule has 0 saturated heterocycles. The Hall–Kier alpha value is -0.410. The molecule has 0 unspecified atom stereocenters. The number of hydrogen-bond donors (Lipinski definition) is 2. The maximum Gasteiger partial charge on any atom is 0.469 e. The summed E-state index contributed by atoms with van der Waals surface area (Å²) in [4.78, 5) is 16.9. The van der Waals surface area contributed by atoms with Crippen molar-refractivity contribution in [2.75, 3.05) is 6.61 Å². The van der Waals surface area contributed by atoms with E-state index in [1.165, 1.54) is 0 Å². The van der Waals surface area contributed by atoms with Gasteiger partial charge in [0.2, 0.25) is 0 Å². The van der Waals surface area contributed by atoms with Gasteiger partial charge in [0.1, 0.15) is 0 Å². The minimum atomic E-state index is -4.34. The number of allylic oxidation sites excluding steroid dienone is 2. The topological polar surface area (TPSA) is 66.8 Å². The minimum Gasteiger partial charge on any atom is -0.303 e. The highest BCUT2D eigenvalue weighted by molar-refractivity contribution is 7.46. The van der Waals surface area contributed by atoms with E-state index in [2.05, 4.69) is 17.7 Å². The van der Waals surface area contributed by atoms with Crippen LogP contribution in [0.25, 0.3) is 0 Å². The lowest BCUT2D eigenvalue weighted by Gasteiger charge is -2.13. The third-order valence-electron chi connectivity index (χ3n) is 1.48. The van der Waals surface area contributed by atoms with Crippen molar-refractivity contribution in [2.45, 2.75) is 12.8 Å². The quantitative estimate of drug-likeness (QED) is 0.493. The van der Waals surface area contributed by atoms with Crippen molar-refractivity contribution >= 4 is 7.82 Å². The van der Waals surface area contributed by atoms with Gasteiger partial charge in [0, 0.05) is 0 Å². The standard InChI is InChI=1S/C8H15O4P/c1-3-5-8(6-4-2)7-12-13(9,10)11/h3-4,8H,1-2,5-7H2,(H2,9,10,11). The van der Waals surface area contributed by atoms with Gasteiger partial charge in [-0.1, -0.05) is 12.2 Å².